The Bertz CT molecular complexity index is 886. The second-order valence-corrected chi connectivity index (χ2v) is 6.82. The van der Waals surface area contributed by atoms with Crippen molar-refractivity contribution < 1.29 is 37.1 Å². The van der Waals surface area contributed by atoms with Gasteiger partial charge in [-0.25, -0.2) is 9.69 Å². The number of hydrogen-bond donors (Lipinski definition) is 1. The normalized spacial score (nSPS) is 21.8. The van der Waals surface area contributed by atoms with Crippen molar-refractivity contribution in [2.24, 2.45) is 5.92 Å². The minimum absolute atomic E-state index is 0.0148. The predicted octanol–water partition coefficient (Wildman–Crippen LogP) is 2.38. The molecule has 0 aromatic heterocycles. The summed E-state index contributed by atoms with van der Waals surface area (Å²) in [6, 6.07) is 0.921. The lowest BCUT2D eigenvalue weighted by Gasteiger charge is -2.30. The summed E-state index contributed by atoms with van der Waals surface area (Å²) in [5, 5.41) is 2.24. The molecule has 11 heteroatoms. The van der Waals surface area contributed by atoms with Crippen LogP contribution < -0.4 is 10.2 Å². The summed E-state index contributed by atoms with van der Waals surface area (Å²) in [6.45, 7) is 1.20. The average molecular weight is 413 g/mol. The Morgan fingerprint density at radius 1 is 1.24 bits per heavy atom. The van der Waals surface area contributed by atoms with E-state index in [0.717, 1.165) is 13.0 Å². The third-order valence-corrected chi connectivity index (χ3v) is 4.94. The molecule has 1 aromatic rings. The molecule has 0 spiro atoms. The van der Waals surface area contributed by atoms with Crippen LogP contribution in [0.2, 0.25) is 0 Å². The number of anilines is 2. The van der Waals surface area contributed by atoms with Crippen LogP contribution in [0.3, 0.4) is 0 Å². The number of fused-ring (bicyclic) bond motifs is 1. The van der Waals surface area contributed by atoms with Gasteiger partial charge in [0.1, 0.15) is 6.04 Å². The van der Waals surface area contributed by atoms with Gasteiger partial charge < -0.3 is 15.0 Å². The van der Waals surface area contributed by atoms with Gasteiger partial charge in [-0.1, -0.05) is 0 Å². The first-order valence-electron chi connectivity index (χ1n) is 8.75. The van der Waals surface area contributed by atoms with Crippen molar-refractivity contribution in [3.8, 4) is 0 Å². The quantitative estimate of drug-likeness (QED) is 0.606. The van der Waals surface area contributed by atoms with Crippen LogP contribution >= 0.6 is 0 Å². The molecule has 0 bridgehead atoms. The summed E-state index contributed by atoms with van der Waals surface area (Å²) in [6.07, 6.45) is -4.63. The van der Waals surface area contributed by atoms with Crippen LogP contribution in [-0.2, 0) is 25.3 Å². The Hall–Kier alpha value is -3.11. The number of benzene rings is 1. The van der Waals surface area contributed by atoms with Crippen molar-refractivity contribution in [2.75, 3.05) is 23.9 Å². The van der Waals surface area contributed by atoms with E-state index in [-0.39, 0.29) is 25.1 Å². The van der Waals surface area contributed by atoms with Crippen molar-refractivity contribution in [3.05, 3.63) is 23.8 Å². The number of amides is 4. The predicted molar refractivity (Wildman–Crippen MR) is 93.9 cm³/mol. The molecule has 1 N–H and O–H groups in total. The molecule has 156 valence electrons. The molecule has 0 unspecified atom stereocenters. The number of ether oxygens (including phenoxy) is 1. The number of hydrogen-bond acceptors (Lipinski definition) is 5. The number of piperidine rings is 1. The maximum Gasteiger partial charge on any atom is 0.418 e. The van der Waals surface area contributed by atoms with Gasteiger partial charge in [-0.3, -0.25) is 14.4 Å². The van der Waals surface area contributed by atoms with E-state index in [4.69, 9.17) is 0 Å². The van der Waals surface area contributed by atoms with E-state index in [9.17, 15) is 32.3 Å². The van der Waals surface area contributed by atoms with Crippen molar-refractivity contribution in [3.63, 3.8) is 0 Å². The second kappa shape index (κ2) is 7.37. The number of halogens is 3. The van der Waals surface area contributed by atoms with Gasteiger partial charge in [-0.15, -0.1) is 0 Å². The van der Waals surface area contributed by atoms with Crippen LogP contribution in [0.15, 0.2) is 18.2 Å². The molecule has 0 saturated carbocycles. The van der Waals surface area contributed by atoms with E-state index in [1.54, 1.807) is 0 Å². The van der Waals surface area contributed by atoms with Crippen LogP contribution in [0.1, 0.15) is 25.3 Å². The topological polar surface area (TPSA) is 96.0 Å². The number of nitrogens with zero attached hydrogens (tertiary/aromatic N) is 2. The Morgan fingerprint density at radius 3 is 2.52 bits per heavy atom. The van der Waals surface area contributed by atoms with Crippen LogP contribution in [0.5, 0.6) is 0 Å². The first-order valence-corrected chi connectivity index (χ1v) is 8.75. The number of methoxy groups -OCH3 is 1. The van der Waals surface area contributed by atoms with Crippen molar-refractivity contribution in [2.45, 2.75) is 32.0 Å². The van der Waals surface area contributed by atoms with Crippen molar-refractivity contribution in [1.29, 1.82) is 0 Å². The number of urea groups is 1. The monoisotopic (exact) mass is 413 g/mol. The van der Waals surface area contributed by atoms with E-state index >= 15 is 0 Å². The molecule has 4 amide bonds. The Balaban J connectivity index is 1.98. The van der Waals surface area contributed by atoms with E-state index in [2.05, 4.69) is 10.1 Å². The number of carbonyl (C=O) groups excluding carboxylic acids is 4. The van der Waals surface area contributed by atoms with Gasteiger partial charge in [0.05, 0.1) is 24.3 Å². The maximum atomic E-state index is 13.6. The summed E-state index contributed by atoms with van der Waals surface area (Å²) in [5.41, 5.74) is -1.96. The Kier molecular flexibility index (Phi) is 5.24. The highest BCUT2D eigenvalue weighted by Gasteiger charge is 2.51. The number of nitrogens with one attached hydrogen (secondary N) is 1. The molecule has 2 saturated heterocycles. The molecule has 2 atom stereocenters. The molecule has 2 fully saturated rings. The molecule has 0 aliphatic carbocycles. The minimum Gasteiger partial charge on any atom is -0.469 e. The maximum absolute atomic E-state index is 13.6. The van der Waals surface area contributed by atoms with Crippen LogP contribution in [-0.4, -0.2) is 48.4 Å². The molecule has 0 radical (unpaired) electrons. The van der Waals surface area contributed by atoms with Gasteiger partial charge in [0, 0.05) is 19.2 Å². The molecule has 2 aliphatic rings. The number of esters is 1. The van der Waals surface area contributed by atoms with E-state index in [1.807, 2.05) is 0 Å². The first-order chi connectivity index (χ1) is 13.5. The zero-order chi connectivity index (χ0) is 21.5. The van der Waals surface area contributed by atoms with E-state index in [1.165, 1.54) is 18.1 Å². The van der Waals surface area contributed by atoms with Crippen LogP contribution in [0.25, 0.3) is 0 Å². The molecule has 3 rings (SSSR count). The molecular formula is C18H18F3N3O5. The molecule has 2 heterocycles. The van der Waals surface area contributed by atoms with Gasteiger partial charge in [0.25, 0.3) is 5.91 Å². The highest BCUT2D eigenvalue weighted by atomic mass is 19.4. The Labute approximate surface area is 163 Å². The van der Waals surface area contributed by atoms with Gasteiger partial charge in [-0.2, -0.15) is 13.2 Å². The van der Waals surface area contributed by atoms with Crippen LogP contribution in [0, 0.1) is 5.92 Å². The lowest BCUT2D eigenvalue weighted by atomic mass is 9.91. The molecule has 2 aliphatic heterocycles. The smallest absolute Gasteiger partial charge is 0.418 e. The van der Waals surface area contributed by atoms with E-state index < -0.39 is 53.2 Å². The summed E-state index contributed by atoms with van der Waals surface area (Å²) >= 11 is 0. The molecule has 8 nitrogen and oxygen atoms in total. The largest absolute Gasteiger partial charge is 0.469 e. The minimum atomic E-state index is -4.87. The summed E-state index contributed by atoms with van der Waals surface area (Å²) in [5.74, 6) is -2.53. The van der Waals surface area contributed by atoms with Crippen molar-refractivity contribution in [1.82, 2.24) is 4.90 Å². The third-order valence-electron chi connectivity index (χ3n) is 4.94. The standard InChI is InChI=1S/C18H18F3N3O5/c1-9(25)22-11-3-4-13(12(8-11)18(19,20)21)24-15(26)14-7-10(16(27)29-2)5-6-23(14)17(24)28/h3-4,8,10,14H,5-7H2,1-2H3,(H,22,25)/t10-,14+/m1/s1. The zero-order valence-corrected chi connectivity index (χ0v) is 15.6. The van der Waals surface area contributed by atoms with Gasteiger partial charge >= 0.3 is 18.2 Å². The van der Waals surface area contributed by atoms with Gasteiger partial charge in [-0.05, 0) is 31.0 Å². The molecule has 29 heavy (non-hydrogen) atoms. The number of rotatable bonds is 3. The summed E-state index contributed by atoms with van der Waals surface area (Å²) < 4.78 is 45.5. The molecule has 1 aromatic carbocycles. The van der Waals surface area contributed by atoms with Crippen molar-refractivity contribution >= 4 is 35.2 Å². The lowest BCUT2D eigenvalue weighted by Crippen LogP contribution is -2.44. The average Bonchev–Trinajstić information content (AvgIpc) is 2.90. The third kappa shape index (κ3) is 3.76. The fourth-order valence-electron chi connectivity index (χ4n) is 3.64. The highest BCUT2D eigenvalue weighted by Crippen LogP contribution is 2.41. The lowest BCUT2D eigenvalue weighted by molar-refractivity contribution is -0.147. The SMILES string of the molecule is COC(=O)[C@@H]1CCN2C(=O)N(c3ccc(NC(C)=O)cc3C(F)(F)F)C(=O)[C@@H]2C1. The molecular weight excluding hydrogens is 395 g/mol. The second-order valence-electron chi connectivity index (χ2n) is 6.82. The fraction of sp³-hybridized carbons (Fsp3) is 0.444. The number of imide groups is 1. The van der Waals surface area contributed by atoms with E-state index in [0.29, 0.717) is 11.0 Å². The number of alkyl halides is 3. The summed E-state index contributed by atoms with van der Waals surface area (Å²) in [4.78, 5) is 50.1. The first kappa shape index (κ1) is 20.6. The number of carbonyl (C=O) groups is 4. The Morgan fingerprint density at radius 2 is 1.93 bits per heavy atom. The fourth-order valence-corrected chi connectivity index (χ4v) is 3.64. The zero-order valence-electron chi connectivity index (χ0n) is 15.6. The van der Waals surface area contributed by atoms with Crippen LogP contribution in [0.4, 0.5) is 29.3 Å². The van der Waals surface area contributed by atoms with Gasteiger partial charge in [0.15, 0.2) is 0 Å². The van der Waals surface area contributed by atoms with Gasteiger partial charge in [0.2, 0.25) is 5.91 Å². The highest BCUT2D eigenvalue weighted by molar-refractivity contribution is 6.22. The summed E-state index contributed by atoms with van der Waals surface area (Å²) in [7, 11) is 1.20.